The fourth-order valence-electron chi connectivity index (χ4n) is 3.37. The minimum atomic E-state index is -0.228. The molecule has 1 nitrogen and oxygen atoms in total. The van der Waals surface area contributed by atoms with Gasteiger partial charge in [0.05, 0.1) is 5.69 Å². The maximum atomic E-state index is 13.3. The summed E-state index contributed by atoms with van der Waals surface area (Å²) in [7, 11) is 0. The molecule has 0 saturated heterocycles. The van der Waals surface area contributed by atoms with Crippen LogP contribution in [0.4, 0.5) is 4.39 Å². The van der Waals surface area contributed by atoms with Gasteiger partial charge in [-0.2, -0.15) is 0 Å². The first kappa shape index (κ1) is 27.8. The lowest BCUT2D eigenvalue weighted by molar-refractivity contribution is 0.644. The standard InChI is InChI=1S/C16H18.C14H16FN.CH4/c1-4-14-9-10-16(11-13(14)3)15-7-5-12(2)6-8-15;1-5-6-13(11(4)15)14-8-7-12(9-16-14)10(2)3;/h5-11H,4H2,1-3H3;5-9H,2H2,1,3-4H3;1H4/b;6-5-,13-11-;. The molecular formula is C31H38FN. The highest BCUT2D eigenvalue weighted by Gasteiger charge is 2.04. The zero-order chi connectivity index (χ0) is 23.7. The second kappa shape index (κ2) is 13.3. The van der Waals surface area contributed by atoms with E-state index < -0.39 is 0 Å². The van der Waals surface area contributed by atoms with E-state index in [9.17, 15) is 4.39 Å². The highest BCUT2D eigenvalue weighted by Crippen LogP contribution is 2.23. The molecule has 2 aromatic carbocycles. The molecule has 33 heavy (non-hydrogen) atoms. The smallest absolute Gasteiger partial charge is 0.106 e. The van der Waals surface area contributed by atoms with E-state index in [0.717, 1.165) is 17.6 Å². The molecule has 2 heteroatoms. The number of allylic oxidation sites excluding steroid dienone is 5. The quantitative estimate of drug-likeness (QED) is 0.358. The monoisotopic (exact) mass is 443 g/mol. The van der Waals surface area contributed by atoms with Crippen molar-refractivity contribution in [3.8, 4) is 11.1 Å². The molecule has 0 bridgehead atoms. The summed E-state index contributed by atoms with van der Waals surface area (Å²) < 4.78 is 13.3. The van der Waals surface area contributed by atoms with E-state index in [1.165, 1.54) is 34.7 Å². The lowest BCUT2D eigenvalue weighted by Gasteiger charge is -2.07. The van der Waals surface area contributed by atoms with Crippen LogP contribution < -0.4 is 0 Å². The molecule has 0 aliphatic rings. The fourth-order valence-corrected chi connectivity index (χ4v) is 3.37. The molecule has 0 aliphatic carbocycles. The molecule has 1 aromatic heterocycles. The van der Waals surface area contributed by atoms with Crippen molar-refractivity contribution in [2.24, 2.45) is 0 Å². The SMILES string of the molecule is C.C=C(C)c1ccc(C(/C=C\C)=C(/C)F)nc1.CCc1ccc(-c2ccc(C)cc2)cc1C. The van der Waals surface area contributed by atoms with Crippen molar-refractivity contribution in [3.05, 3.63) is 113 Å². The summed E-state index contributed by atoms with van der Waals surface area (Å²) in [5.41, 5.74) is 9.85. The van der Waals surface area contributed by atoms with Crippen LogP contribution in [0.2, 0.25) is 0 Å². The third-order valence-electron chi connectivity index (χ3n) is 5.35. The first-order valence-corrected chi connectivity index (χ1v) is 11.0. The van der Waals surface area contributed by atoms with E-state index in [1.54, 1.807) is 18.3 Å². The van der Waals surface area contributed by atoms with Crippen molar-refractivity contribution >= 4 is 11.1 Å². The number of pyridine rings is 1. The third-order valence-corrected chi connectivity index (χ3v) is 5.35. The Balaban J connectivity index is 0.000000320. The normalized spacial score (nSPS) is 11.2. The number of aromatic nitrogens is 1. The molecule has 0 atom stereocenters. The lowest BCUT2D eigenvalue weighted by Crippen LogP contribution is -1.90. The average molecular weight is 444 g/mol. The number of hydrogen-bond acceptors (Lipinski definition) is 1. The van der Waals surface area contributed by atoms with Gasteiger partial charge in [0.2, 0.25) is 0 Å². The van der Waals surface area contributed by atoms with Crippen molar-refractivity contribution in [2.75, 3.05) is 0 Å². The zero-order valence-corrected chi connectivity index (χ0v) is 20.2. The van der Waals surface area contributed by atoms with Crippen molar-refractivity contribution in [1.82, 2.24) is 4.98 Å². The van der Waals surface area contributed by atoms with Gasteiger partial charge in [-0.25, -0.2) is 4.39 Å². The molecule has 0 N–H and O–H groups in total. The molecule has 1 heterocycles. The summed E-state index contributed by atoms with van der Waals surface area (Å²) in [4.78, 5) is 4.23. The number of nitrogens with zero attached hydrogens (tertiary/aromatic N) is 1. The van der Waals surface area contributed by atoms with Crippen molar-refractivity contribution < 1.29 is 4.39 Å². The highest BCUT2D eigenvalue weighted by molar-refractivity contribution is 5.74. The van der Waals surface area contributed by atoms with Crippen LogP contribution in [0.5, 0.6) is 0 Å². The number of benzene rings is 2. The Bertz CT molecular complexity index is 1100. The van der Waals surface area contributed by atoms with Gasteiger partial charge in [-0.05, 0) is 80.5 Å². The van der Waals surface area contributed by atoms with E-state index in [0.29, 0.717) is 11.3 Å². The first-order chi connectivity index (χ1) is 15.3. The van der Waals surface area contributed by atoms with Crippen molar-refractivity contribution in [1.29, 1.82) is 0 Å². The zero-order valence-electron chi connectivity index (χ0n) is 20.2. The number of hydrogen-bond donors (Lipinski definition) is 0. The molecule has 3 aromatic rings. The van der Waals surface area contributed by atoms with Crippen LogP contribution in [0.3, 0.4) is 0 Å². The van der Waals surface area contributed by atoms with Crippen LogP contribution in [-0.2, 0) is 6.42 Å². The largest absolute Gasteiger partial charge is 0.256 e. The first-order valence-electron chi connectivity index (χ1n) is 11.0. The van der Waals surface area contributed by atoms with Gasteiger partial charge < -0.3 is 0 Å². The van der Waals surface area contributed by atoms with Crippen LogP contribution in [0.25, 0.3) is 22.3 Å². The summed E-state index contributed by atoms with van der Waals surface area (Å²) in [5, 5.41) is 0. The Morgan fingerprint density at radius 2 is 1.61 bits per heavy atom. The molecule has 0 radical (unpaired) electrons. The molecule has 0 aliphatic heterocycles. The number of rotatable bonds is 5. The van der Waals surface area contributed by atoms with Gasteiger partial charge in [0, 0.05) is 11.8 Å². The Kier molecular flexibility index (Phi) is 11.2. The Morgan fingerprint density at radius 3 is 2.06 bits per heavy atom. The molecule has 174 valence electrons. The van der Waals surface area contributed by atoms with Gasteiger partial charge in [0.1, 0.15) is 5.83 Å². The van der Waals surface area contributed by atoms with E-state index in [2.05, 4.69) is 74.8 Å². The van der Waals surface area contributed by atoms with E-state index in [1.807, 2.05) is 26.0 Å². The van der Waals surface area contributed by atoms with Gasteiger partial charge in [0.25, 0.3) is 0 Å². The Labute approximate surface area is 200 Å². The average Bonchev–Trinajstić information content (AvgIpc) is 2.78. The van der Waals surface area contributed by atoms with Gasteiger partial charge in [-0.3, -0.25) is 4.98 Å². The topological polar surface area (TPSA) is 12.9 Å². The molecule has 0 spiro atoms. The van der Waals surface area contributed by atoms with Crippen LogP contribution in [0.1, 0.15) is 63.1 Å². The van der Waals surface area contributed by atoms with Crippen LogP contribution in [0, 0.1) is 13.8 Å². The Hall–Kier alpha value is -3.26. The molecular weight excluding hydrogens is 405 g/mol. The van der Waals surface area contributed by atoms with E-state index >= 15 is 0 Å². The minimum Gasteiger partial charge on any atom is -0.256 e. The molecule has 0 amide bonds. The molecule has 3 rings (SSSR count). The van der Waals surface area contributed by atoms with Gasteiger partial charge in [-0.1, -0.05) is 87.2 Å². The second-order valence-corrected chi connectivity index (χ2v) is 8.02. The summed E-state index contributed by atoms with van der Waals surface area (Å²) in [6.45, 7) is 15.5. The summed E-state index contributed by atoms with van der Waals surface area (Å²) >= 11 is 0. The van der Waals surface area contributed by atoms with E-state index in [4.69, 9.17) is 0 Å². The van der Waals surface area contributed by atoms with Crippen LogP contribution in [-0.4, -0.2) is 4.98 Å². The lowest BCUT2D eigenvalue weighted by atomic mass is 9.98. The minimum absolute atomic E-state index is 0. The van der Waals surface area contributed by atoms with Crippen molar-refractivity contribution in [3.63, 3.8) is 0 Å². The molecule has 0 unspecified atom stereocenters. The van der Waals surface area contributed by atoms with Crippen LogP contribution in [0.15, 0.2) is 85.4 Å². The summed E-state index contributed by atoms with van der Waals surface area (Å²) in [5.74, 6) is -0.228. The third kappa shape index (κ3) is 7.98. The predicted molar refractivity (Wildman–Crippen MR) is 145 cm³/mol. The molecule has 0 saturated carbocycles. The predicted octanol–water partition coefficient (Wildman–Crippen LogP) is 9.56. The second-order valence-electron chi connectivity index (χ2n) is 8.02. The fraction of sp³-hybridized carbons (Fsp3) is 0.258. The van der Waals surface area contributed by atoms with Crippen molar-refractivity contribution in [2.45, 2.75) is 55.4 Å². The van der Waals surface area contributed by atoms with Gasteiger partial charge in [-0.15, -0.1) is 0 Å². The maximum absolute atomic E-state index is 13.3. The Morgan fingerprint density at radius 1 is 0.970 bits per heavy atom. The summed E-state index contributed by atoms with van der Waals surface area (Å²) in [6.07, 6.45) is 6.34. The van der Waals surface area contributed by atoms with E-state index in [-0.39, 0.29) is 13.3 Å². The summed E-state index contributed by atoms with van der Waals surface area (Å²) in [6, 6.07) is 19.2. The number of aryl methyl sites for hydroxylation is 3. The number of halogens is 1. The van der Waals surface area contributed by atoms with Crippen LogP contribution >= 0.6 is 0 Å². The highest BCUT2D eigenvalue weighted by atomic mass is 19.1. The van der Waals surface area contributed by atoms with Gasteiger partial charge >= 0.3 is 0 Å². The molecule has 0 fully saturated rings. The van der Waals surface area contributed by atoms with Gasteiger partial charge in [0.15, 0.2) is 0 Å². The maximum Gasteiger partial charge on any atom is 0.106 e.